The average Bonchev–Trinajstić information content (AvgIpc) is 2.88. The molecule has 1 aromatic heterocycles. The molecule has 0 fully saturated rings. The lowest BCUT2D eigenvalue weighted by Gasteiger charge is -2.15. The quantitative estimate of drug-likeness (QED) is 0.829. The normalized spacial score (nSPS) is 16.7. The molecule has 116 valence electrons. The summed E-state index contributed by atoms with van der Waals surface area (Å²) in [6, 6.07) is 7.70. The molecule has 6 heteroatoms. The van der Waals surface area contributed by atoms with Crippen molar-refractivity contribution in [2.24, 2.45) is 5.92 Å². The van der Waals surface area contributed by atoms with E-state index in [4.69, 9.17) is 17.0 Å². The highest BCUT2D eigenvalue weighted by Gasteiger charge is 2.20. The van der Waals surface area contributed by atoms with E-state index >= 15 is 0 Å². The van der Waals surface area contributed by atoms with Crippen LogP contribution < -0.4 is 15.4 Å². The molecule has 0 spiro atoms. The van der Waals surface area contributed by atoms with Crippen molar-refractivity contribution in [3.8, 4) is 5.75 Å². The smallest absolute Gasteiger partial charge is 0.189 e. The number of thiocarbonyl (C=S) groups is 1. The number of nitrogens with zero attached hydrogens (tertiary/aromatic N) is 1. The summed E-state index contributed by atoms with van der Waals surface area (Å²) in [5.41, 5.74) is 2.07. The zero-order chi connectivity index (χ0) is 15.5. The van der Waals surface area contributed by atoms with Crippen LogP contribution in [0.15, 0.2) is 24.3 Å². The Balaban J connectivity index is 1.67. The molecule has 0 radical (unpaired) electrons. The largest absolute Gasteiger partial charge is 0.495 e. The minimum atomic E-state index is 0.531. The molecule has 1 unspecified atom stereocenters. The molecule has 1 heterocycles. The van der Waals surface area contributed by atoms with Crippen LogP contribution in [0.1, 0.15) is 23.9 Å². The lowest BCUT2D eigenvalue weighted by Crippen LogP contribution is -2.19. The number of anilines is 2. The number of hydrogen-bond acceptors (Lipinski definition) is 4. The third-order valence-corrected chi connectivity index (χ3v) is 5.00. The lowest BCUT2D eigenvalue weighted by molar-refractivity contribution is 0.417. The molecule has 0 saturated heterocycles. The molecule has 0 aliphatic heterocycles. The van der Waals surface area contributed by atoms with Crippen LogP contribution in [0, 0.1) is 5.92 Å². The number of aryl methyl sites for hydroxylation is 1. The highest BCUT2D eigenvalue weighted by atomic mass is 32.1. The molecule has 2 aromatic rings. The summed E-state index contributed by atoms with van der Waals surface area (Å²) in [7, 11) is 1.65. The van der Waals surface area contributed by atoms with Crippen molar-refractivity contribution in [2.75, 3.05) is 17.7 Å². The summed E-state index contributed by atoms with van der Waals surface area (Å²) in [6.45, 7) is 2.30. The number of thiazole rings is 1. The van der Waals surface area contributed by atoms with Gasteiger partial charge in [-0.15, -0.1) is 11.3 Å². The molecule has 0 amide bonds. The van der Waals surface area contributed by atoms with Crippen LogP contribution in [0.4, 0.5) is 10.8 Å². The molecule has 0 saturated carbocycles. The van der Waals surface area contributed by atoms with E-state index in [0.29, 0.717) is 5.11 Å². The highest BCUT2D eigenvalue weighted by molar-refractivity contribution is 7.80. The first kappa shape index (κ1) is 15.2. The Morgan fingerprint density at radius 1 is 1.36 bits per heavy atom. The van der Waals surface area contributed by atoms with Crippen LogP contribution in [0.2, 0.25) is 0 Å². The predicted octanol–water partition coefficient (Wildman–Crippen LogP) is 4.09. The van der Waals surface area contributed by atoms with E-state index < -0.39 is 0 Å². The molecule has 1 atom stereocenters. The van der Waals surface area contributed by atoms with Gasteiger partial charge in [-0.05, 0) is 49.5 Å². The van der Waals surface area contributed by atoms with Gasteiger partial charge in [-0.3, -0.25) is 0 Å². The number of fused-ring (bicyclic) bond motifs is 1. The maximum atomic E-state index is 5.38. The van der Waals surface area contributed by atoms with Gasteiger partial charge in [-0.2, -0.15) is 0 Å². The number of nitrogens with one attached hydrogen (secondary N) is 2. The topological polar surface area (TPSA) is 46.2 Å². The number of rotatable bonds is 3. The molecular formula is C16H19N3OS2. The predicted molar refractivity (Wildman–Crippen MR) is 96.1 cm³/mol. The summed E-state index contributed by atoms with van der Waals surface area (Å²) in [4.78, 5) is 6.05. The number of ether oxygens (including phenoxy) is 1. The zero-order valence-electron chi connectivity index (χ0n) is 12.7. The van der Waals surface area contributed by atoms with Gasteiger partial charge in [0.25, 0.3) is 0 Å². The highest BCUT2D eigenvalue weighted by Crippen LogP contribution is 2.32. The van der Waals surface area contributed by atoms with Crippen molar-refractivity contribution >= 4 is 39.5 Å². The van der Waals surface area contributed by atoms with Gasteiger partial charge < -0.3 is 15.4 Å². The Labute approximate surface area is 139 Å². The number of methoxy groups -OCH3 is 1. The minimum Gasteiger partial charge on any atom is -0.495 e. The summed E-state index contributed by atoms with van der Waals surface area (Å²) in [6.07, 6.45) is 3.42. The van der Waals surface area contributed by atoms with Crippen LogP contribution >= 0.6 is 23.6 Å². The van der Waals surface area contributed by atoms with E-state index in [9.17, 15) is 0 Å². The van der Waals surface area contributed by atoms with Crippen molar-refractivity contribution in [1.29, 1.82) is 0 Å². The van der Waals surface area contributed by atoms with Crippen molar-refractivity contribution in [1.82, 2.24) is 4.98 Å². The second kappa shape index (κ2) is 6.62. The van der Waals surface area contributed by atoms with E-state index in [1.165, 1.54) is 17.0 Å². The first-order valence-electron chi connectivity index (χ1n) is 7.35. The number of para-hydroxylation sites is 2. The SMILES string of the molecule is COc1ccccc1NC(=S)Nc1nc2c(s1)CC(C)CC2. The second-order valence-electron chi connectivity index (χ2n) is 5.52. The fourth-order valence-corrected chi connectivity index (χ4v) is 4.04. The van der Waals surface area contributed by atoms with Crippen LogP contribution in [-0.2, 0) is 12.8 Å². The van der Waals surface area contributed by atoms with Crippen LogP contribution in [-0.4, -0.2) is 17.2 Å². The minimum absolute atomic E-state index is 0.531. The maximum absolute atomic E-state index is 5.38. The van der Waals surface area contributed by atoms with Crippen molar-refractivity contribution < 1.29 is 4.74 Å². The third kappa shape index (κ3) is 3.39. The molecule has 1 aliphatic carbocycles. The van der Waals surface area contributed by atoms with Crippen molar-refractivity contribution in [3.63, 3.8) is 0 Å². The number of aromatic nitrogens is 1. The lowest BCUT2D eigenvalue weighted by atomic mass is 9.93. The van der Waals surface area contributed by atoms with E-state index in [1.54, 1.807) is 18.4 Å². The van der Waals surface area contributed by atoms with E-state index in [0.717, 1.165) is 35.3 Å². The van der Waals surface area contributed by atoms with Crippen LogP contribution in [0.3, 0.4) is 0 Å². The van der Waals surface area contributed by atoms with Gasteiger partial charge in [0.2, 0.25) is 0 Å². The fraction of sp³-hybridized carbons (Fsp3) is 0.375. The Kier molecular flexibility index (Phi) is 4.59. The Hall–Kier alpha value is -1.66. The Morgan fingerprint density at radius 2 is 2.18 bits per heavy atom. The average molecular weight is 333 g/mol. The first-order chi connectivity index (χ1) is 10.7. The summed E-state index contributed by atoms with van der Waals surface area (Å²) in [5.74, 6) is 1.51. The van der Waals surface area contributed by atoms with Crippen LogP contribution in [0.25, 0.3) is 0 Å². The van der Waals surface area contributed by atoms with Crippen LogP contribution in [0.5, 0.6) is 5.75 Å². The van der Waals surface area contributed by atoms with Gasteiger partial charge in [-0.1, -0.05) is 19.1 Å². The van der Waals surface area contributed by atoms with E-state index in [2.05, 4.69) is 22.5 Å². The van der Waals surface area contributed by atoms with Gasteiger partial charge in [0, 0.05) is 4.88 Å². The molecule has 0 bridgehead atoms. The maximum Gasteiger partial charge on any atom is 0.189 e. The third-order valence-electron chi connectivity index (χ3n) is 3.76. The molecule has 1 aliphatic rings. The summed E-state index contributed by atoms with van der Waals surface area (Å²) >= 11 is 7.09. The Bertz CT molecular complexity index is 684. The van der Waals surface area contributed by atoms with Gasteiger partial charge >= 0.3 is 0 Å². The van der Waals surface area contributed by atoms with Gasteiger partial charge in [-0.25, -0.2) is 4.98 Å². The van der Waals surface area contributed by atoms with Crippen molar-refractivity contribution in [3.05, 3.63) is 34.8 Å². The number of hydrogen-bond donors (Lipinski definition) is 2. The molecule has 1 aromatic carbocycles. The molecule has 2 N–H and O–H groups in total. The standard InChI is InChI=1S/C16H19N3OS2/c1-10-7-8-12-14(9-10)22-16(18-12)19-15(21)17-11-5-3-4-6-13(11)20-2/h3-6,10H,7-9H2,1-2H3,(H2,17,18,19,21). The Morgan fingerprint density at radius 3 is 3.00 bits per heavy atom. The van der Waals surface area contributed by atoms with E-state index in [-0.39, 0.29) is 0 Å². The second-order valence-corrected chi connectivity index (χ2v) is 7.01. The molecular weight excluding hydrogens is 314 g/mol. The van der Waals surface area contributed by atoms with Gasteiger partial charge in [0.1, 0.15) is 5.75 Å². The first-order valence-corrected chi connectivity index (χ1v) is 8.58. The molecule has 4 nitrogen and oxygen atoms in total. The zero-order valence-corrected chi connectivity index (χ0v) is 14.3. The van der Waals surface area contributed by atoms with Gasteiger partial charge in [0.05, 0.1) is 18.5 Å². The van der Waals surface area contributed by atoms with Gasteiger partial charge in [0.15, 0.2) is 10.2 Å². The van der Waals surface area contributed by atoms with Crippen molar-refractivity contribution in [2.45, 2.75) is 26.2 Å². The number of benzene rings is 1. The van der Waals surface area contributed by atoms with E-state index in [1.807, 2.05) is 24.3 Å². The summed E-state index contributed by atoms with van der Waals surface area (Å²) in [5, 5.41) is 7.75. The summed E-state index contributed by atoms with van der Waals surface area (Å²) < 4.78 is 5.31. The fourth-order valence-electron chi connectivity index (χ4n) is 2.59. The monoisotopic (exact) mass is 333 g/mol. The molecule has 22 heavy (non-hydrogen) atoms. The molecule has 3 rings (SSSR count).